The van der Waals surface area contributed by atoms with E-state index in [1.807, 2.05) is 0 Å². The van der Waals surface area contributed by atoms with Gasteiger partial charge in [0.1, 0.15) is 0 Å². The van der Waals surface area contributed by atoms with Crippen molar-refractivity contribution in [2.24, 2.45) is 5.92 Å². The van der Waals surface area contributed by atoms with E-state index in [2.05, 4.69) is 13.8 Å². The van der Waals surface area contributed by atoms with Gasteiger partial charge in [0.05, 0.1) is 0 Å². The van der Waals surface area contributed by atoms with Gasteiger partial charge in [0.15, 0.2) is 3.79 Å². The third-order valence-electron chi connectivity index (χ3n) is 3.28. The lowest BCUT2D eigenvalue weighted by Crippen LogP contribution is -2.19. The summed E-state index contributed by atoms with van der Waals surface area (Å²) in [4.78, 5) is 0. The van der Waals surface area contributed by atoms with Crippen LogP contribution in [0.5, 0.6) is 0 Å². The van der Waals surface area contributed by atoms with Crippen molar-refractivity contribution in [3.05, 3.63) is 0 Å². The van der Waals surface area contributed by atoms with Gasteiger partial charge in [-0.3, -0.25) is 0 Å². The van der Waals surface area contributed by atoms with Crippen LogP contribution in [-0.2, 0) is 0 Å². The summed E-state index contributed by atoms with van der Waals surface area (Å²) in [5.41, 5.74) is 0. The Hall–Kier alpha value is 0.870. The zero-order chi connectivity index (χ0) is 13.1. The van der Waals surface area contributed by atoms with Gasteiger partial charge in [-0.25, -0.2) is 0 Å². The van der Waals surface area contributed by atoms with E-state index in [0.29, 0.717) is 0 Å². The smallest absolute Gasteiger partial charge is 0.0834 e. The first-order valence-electron chi connectivity index (χ1n) is 7.09. The summed E-state index contributed by atoms with van der Waals surface area (Å²) < 4.78 is -1.07. The number of hydrogen-bond donors (Lipinski definition) is 0. The minimum atomic E-state index is -1.07. The summed E-state index contributed by atoms with van der Waals surface area (Å²) in [5, 5.41) is 0. The average Bonchev–Trinajstić information content (AvgIpc) is 2.25. The van der Waals surface area contributed by atoms with Gasteiger partial charge in [-0.2, -0.15) is 0 Å². The van der Waals surface area contributed by atoms with Crippen LogP contribution < -0.4 is 0 Å². The molecule has 0 aliphatic heterocycles. The molecule has 0 aromatic heterocycles. The van der Waals surface area contributed by atoms with Crippen LogP contribution in [0, 0.1) is 5.92 Å². The van der Waals surface area contributed by atoms with Crippen molar-refractivity contribution in [1.82, 2.24) is 0 Å². The minimum Gasteiger partial charge on any atom is -0.0834 e. The van der Waals surface area contributed by atoms with Crippen LogP contribution in [0.3, 0.4) is 0 Å². The lowest BCUT2D eigenvalue weighted by Gasteiger charge is -2.24. The van der Waals surface area contributed by atoms with Gasteiger partial charge in [-0.1, -0.05) is 100 Å². The second kappa shape index (κ2) is 10.8. The molecule has 0 radical (unpaired) electrons. The van der Waals surface area contributed by atoms with E-state index in [4.69, 9.17) is 34.8 Å². The Kier molecular flexibility index (Phi) is 11.3. The van der Waals surface area contributed by atoms with Crippen molar-refractivity contribution in [1.29, 1.82) is 0 Å². The van der Waals surface area contributed by atoms with E-state index < -0.39 is 3.79 Å². The first-order chi connectivity index (χ1) is 8.02. The van der Waals surface area contributed by atoms with Crippen molar-refractivity contribution in [2.45, 2.75) is 81.8 Å². The molecule has 0 rings (SSSR count). The number of hydrogen-bond acceptors (Lipinski definition) is 0. The molecule has 3 heteroatoms. The van der Waals surface area contributed by atoms with Crippen molar-refractivity contribution in [3.8, 4) is 0 Å². The SMILES string of the molecule is CCCCCCCCC(CCCC)C(Cl)(Cl)Cl. The maximum Gasteiger partial charge on any atom is 0.193 e. The van der Waals surface area contributed by atoms with Crippen LogP contribution in [0.4, 0.5) is 0 Å². The van der Waals surface area contributed by atoms with Crippen molar-refractivity contribution < 1.29 is 0 Å². The third-order valence-corrected chi connectivity index (χ3v) is 4.20. The molecule has 0 nitrogen and oxygen atoms in total. The molecule has 0 saturated carbocycles. The molecule has 0 aliphatic carbocycles. The highest BCUT2D eigenvalue weighted by atomic mass is 35.6. The van der Waals surface area contributed by atoms with Crippen molar-refractivity contribution in [2.75, 3.05) is 0 Å². The van der Waals surface area contributed by atoms with Crippen LogP contribution in [0.15, 0.2) is 0 Å². The normalized spacial score (nSPS) is 13.9. The lowest BCUT2D eigenvalue weighted by molar-refractivity contribution is 0.416. The zero-order valence-electron chi connectivity index (χ0n) is 11.3. The molecule has 0 aliphatic rings. The average molecular weight is 302 g/mol. The van der Waals surface area contributed by atoms with Crippen molar-refractivity contribution >= 4 is 34.8 Å². The van der Waals surface area contributed by atoms with E-state index in [1.54, 1.807) is 0 Å². The Morgan fingerprint density at radius 3 is 1.71 bits per heavy atom. The van der Waals surface area contributed by atoms with Crippen LogP contribution in [-0.4, -0.2) is 3.79 Å². The standard InChI is InChI=1S/C14H27Cl3/c1-3-5-7-8-9-10-12-13(11-6-4-2)14(15,16)17/h13H,3-12H2,1-2H3. The Morgan fingerprint density at radius 2 is 1.18 bits per heavy atom. The summed E-state index contributed by atoms with van der Waals surface area (Å²) in [5.74, 6) is 0.235. The predicted molar refractivity (Wildman–Crippen MR) is 81.3 cm³/mol. The van der Waals surface area contributed by atoms with E-state index >= 15 is 0 Å². The molecular formula is C14H27Cl3. The maximum atomic E-state index is 6.03. The highest BCUT2D eigenvalue weighted by Crippen LogP contribution is 2.40. The monoisotopic (exact) mass is 300 g/mol. The van der Waals surface area contributed by atoms with E-state index in [9.17, 15) is 0 Å². The summed E-state index contributed by atoms with van der Waals surface area (Å²) in [6.45, 7) is 4.42. The zero-order valence-corrected chi connectivity index (χ0v) is 13.6. The molecule has 0 bridgehead atoms. The van der Waals surface area contributed by atoms with Gasteiger partial charge in [-0.15, -0.1) is 0 Å². The summed E-state index contributed by atoms with van der Waals surface area (Å²) in [7, 11) is 0. The van der Waals surface area contributed by atoms with Gasteiger partial charge in [0, 0.05) is 5.92 Å². The summed E-state index contributed by atoms with van der Waals surface area (Å²) in [6.07, 6.45) is 12.2. The maximum absolute atomic E-state index is 6.03. The molecule has 1 unspecified atom stereocenters. The number of alkyl halides is 3. The quantitative estimate of drug-likeness (QED) is 0.303. The number of rotatable bonds is 10. The van der Waals surface area contributed by atoms with Crippen LogP contribution in [0.1, 0.15) is 78.1 Å². The molecule has 0 heterocycles. The first kappa shape index (κ1) is 17.9. The fourth-order valence-corrected chi connectivity index (χ4v) is 2.75. The molecule has 0 spiro atoms. The third kappa shape index (κ3) is 10.5. The molecule has 0 saturated heterocycles. The fourth-order valence-electron chi connectivity index (χ4n) is 2.09. The van der Waals surface area contributed by atoms with Gasteiger partial charge >= 0.3 is 0 Å². The molecule has 0 N–H and O–H groups in total. The van der Waals surface area contributed by atoms with E-state index in [0.717, 1.165) is 19.3 Å². The fraction of sp³-hybridized carbons (Fsp3) is 1.00. The van der Waals surface area contributed by atoms with Gasteiger partial charge in [0.2, 0.25) is 0 Å². The Bertz CT molecular complexity index is 163. The first-order valence-corrected chi connectivity index (χ1v) is 8.22. The minimum absolute atomic E-state index is 0.235. The molecule has 0 aromatic rings. The van der Waals surface area contributed by atoms with Crippen LogP contribution >= 0.6 is 34.8 Å². The molecule has 1 atom stereocenters. The van der Waals surface area contributed by atoms with Gasteiger partial charge in [-0.05, 0) is 12.8 Å². The van der Waals surface area contributed by atoms with Gasteiger partial charge < -0.3 is 0 Å². The molecular weight excluding hydrogens is 275 g/mol. The Morgan fingerprint density at radius 1 is 0.706 bits per heavy atom. The van der Waals surface area contributed by atoms with Crippen molar-refractivity contribution in [3.63, 3.8) is 0 Å². The second-order valence-corrected chi connectivity index (χ2v) is 7.31. The predicted octanol–water partition coefficient (Wildman–Crippen LogP) is 6.91. The summed E-state index contributed by atoms with van der Waals surface area (Å²) in [6, 6.07) is 0. The second-order valence-electron chi connectivity index (χ2n) is 4.94. The highest BCUT2D eigenvalue weighted by Gasteiger charge is 2.31. The largest absolute Gasteiger partial charge is 0.193 e. The Labute approximate surface area is 122 Å². The molecule has 0 fully saturated rings. The number of halogens is 3. The summed E-state index contributed by atoms with van der Waals surface area (Å²) >= 11 is 18.1. The van der Waals surface area contributed by atoms with Gasteiger partial charge in [0.25, 0.3) is 0 Å². The van der Waals surface area contributed by atoms with Crippen LogP contribution in [0.25, 0.3) is 0 Å². The lowest BCUT2D eigenvalue weighted by atomic mass is 9.96. The highest BCUT2D eigenvalue weighted by molar-refractivity contribution is 6.67. The van der Waals surface area contributed by atoms with E-state index in [-0.39, 0.29) is 5.92 Å². The topological polar surface area (TPSA) is 0 Å². The molecule has 17 heavy (non-hydrogen) atoms. The molecule has 104 valence electrons. The molecule has 0 amide bonds. The Balaban J connectivity index is 3.69. The van der Waals surface area contributed by atoms with E-state index in [1.165, 1.54) is 44.9 Å². The molecule has 0 aromatic carbocycles. The number of unbranched alkanes of at least 4 members (excludes halogenated alkanes) is 6. The van der Waals surface area contributed by atoms with Crippen LogP contribution in [0.2, 0.25) is 0 Å².